The van der Waals surface area contributed by atoms with Gasteiger partial charge in [0.15, 0.2) is 5.96 Å². The lowest BCUT2D eigenvalue weighted by molar-refractivity contribution is -0.130. The summed E-state index contributed by atoms with van der Waals surface area (Å²) >= 11 is 0. The van der Waals surface area contributed by atoms with Crippen molar-refractivity contribution in [3.63, 3.8) is 0 Å². The van der Waals surface area contributed by atoms with Gasteiger partial charge in [-0.25, -0.2) is 0 Å². The second-order valence-electron chi connectivity index (χ2n) is 7.84. The fourth-order valence-corrected chi connectivity index (χ4v) is 3.64. The summed E-state index contributed by atoms with van der Waals surface area (Å²) in [7, 11) is 5.18. The van der Waals surface area contributed by atoms with E-state index in [0.29, 0.717) is 24.6 Å². The number of aliphatic imine (C=N–C) groups is 1. The highest BCUT2D eigenvalue weighted by Gasteiger charge is 2.20. The lowest BCUT2D eigenvalue weighted by Gasteiger charge is -2.29. The van der Waals surface area contributed by atoms with E-state index in [1.165, 1.54) is 11.1 Å². The molecule has 1 aliphatic rings. The van der Waals surface area contributed by atoms with Crippen LogP contribution < -0.4 is 10.6 Å². The summed E-state index contributed by atoms with van der Waals surface area (Å²) < 4.78 is 0. The Bertz CT molecular complexity index is 954. The molecule has 2 aromatic rings. The first kappa shape index (κ1) is 22.3. The lowest BCUT2D eigenvalue weighted by atomic mass is 10.00. The number of amides is 2. The maximum absolute atomic E-state index is 12.6. The van der Waals surface area contributed by atoms with Gasteiger partial charge in [-0.15, -0.1) is 0 Å². The van der Waals surface area contributed by atoms with Gasteiger partial charge in [-0.1, -0.05) is 36.4 Å². The fraction of sp³-hybridized carbons (Fsp3) is 0.375. The highest BCUT2D eigenvalue weighted by Crippen LogP contribution is 2.18. The van der Waals surface area contributed by atoms with Crippen molar-refractivity contribution in [3.05, 3.63) is 70.8 Å². The summed E-state index contributed by atoms with van der Waals surface area (Å²) in [6.45, 7) is 2.25. The molecule has 2 amide bonds. The molecule has 0 saturated carbocycles. The highest BCUT2D eigenvalue weighted by molar-refractivity contribution is 5.94. The van der Waals surface area contributed by atoms with Crippen molar-refractivity contribution in [2.24, 2.45) is 4.99 Å². The van der Waals surface area contributed by atoms with Crippen LogP contribution in [0.1, 0.15) is 27.0 Å². The van der Waals surface area contributed by atoms with Crippen molar-refractivity contribution in [3.8, 4) is 0 Å². The van der Waals surface area contributed by atoms with E-state index in [1.807, 2.05) is 41.3 Å². The smallest absolute Gasteiger partial charge is 0.253 e. The van der Waals surface area contributed by atoms with Gasteiger partial charge in [0.25, 0.3) is 5.91 Å². The summed E-state index contributed by atoms with van der Waals surface area (Å²) in [5.74, 6) is 0.643. The van der Waals surface area contributed by atoms with Crippen LogP contribution in [-0.4, -0.2) is 68.4 Å². The predicted octanol–water partition coefficient (Wildman–Crippen LogP) is 1.68. The van der Waals surface area contributed by atoms with Crippen LogP contribution in [0.5, 0.6) is 0 Å². The molecular formula is C24H31N5O2. The monoisotopic (exact) mass is 421 g/mol. The van der Waals surface area contributed by atoms with Crippen LogP contribution in [0.15, 0.2) is 53.5 Å². The molecule has 0 fully saturated rings. The molecular weight excluding hydrogens is 390 g/mol. The van der Waals surface area contributed by atoms with Crippen LogP contribution in [0, 0.1) is 0 Å². The average molecular weight is 422 g/mol. The molecule has 0 radical (unpaired) electrons. The number of benzene rings is 2. The van der Waals surface area contributed by atoms with Crippen LogP contribution in [-0.2, 0) is 24.2 Å². The summed E-state index contributed by atoms with van der Waals surface area (Å²) in [5, 5.41) is 6.34. The number of fused-ring (bicyclic) bond motifs is 1. The zero-order valence-electron chi connectivity index (χ0n) is 18.5. The molecule has 0 aromatic heterocycles. The van der Waals surface area contributed by atoms with Crippen molar-refractivity contribution < 1.29 is 9.59 Å². The summed E-state index contributed by atoms with van der Waals surface area (Å²) in [6, 6.07) is 15.9. The molecule has 1 heterocycles. The van der Waals surface area contributed by atoms with E-state index in [-0.39, 0.29) is 18.4 Å². The van der Waals surface area contributed by atoms with E-state index >= 15 is 0 Å². The second-order valence-corrected chi connectivity index (χ2v) is 7.84. The Balaban J connectivity index is 1.45. The van der Waals surface area contributed by atoms with Gasteiger partial charge in [0.1, 0.15) is 0 Å². The number of rotatable bonds is 6. The van der Waals surface area contributed by atoms with E-state index in [9.17, 15) is 9.59 Å². The van der Waals surface area contributed by atoms with E-state index in [0.717, 1.165) is 24.9 Å². The SMILES string of the molecule is CN=C(NCCc1cccc(C(=O)N(C)C)c1)NCC(=O)N1CCc2ccccc2C1. The maximum atomic E-state index is 12.6. The Hall–Kier alpha value is -3.35. The molecule has 0 bridgehead atoms. The standard InChI is InChI=1S/C24H31N5O2/c1-25-24(26-13-11-18-7-6-10-20(15-18)23(31)28(2)3)27-16-22(30)29-14-12-19-8-4-5-9-21(19)17-29/h4-10,15H,11-14,16-17H2,1-3H3,(H2,25,26,27). The number of nitrogens with zero attached hydrogens (tertiary/aromatic N) is 3. The second kappa shape index (κ2) is 10.6. The third kappa shape index (κ3) is 6.07. The topological polar surface area (TPSA) is 77.0 Å². The summed E-state index contributed by atoms with van der Waals surface area (Å²) in [4.78, 5) is 32.4. The molecule has 7 heteroatoms. The van der Waals surface area contributed by atoms with Gasteiger partial charge in [0.05, 0.1) is 6.54 Å². The van der Waals surface area contributed by atoms with Gasteiger partial charge in [0, 0.05) is 46.3 Å². The lowest BCUT2D eigenvalue weighted by Crippen LogP contribution is -2.46. The number of carbonyl (C=O) groups is 2. The van der Waals surface area contributed by atoms with Gasteiger partial charge < -0.3 is 20.4 Å². The molecule has 164 valence electrons. The number of hydrogen-bond donors (Lipinski definition) is 2. The van der Waals surface area contributed by atoms with Gasteiger partial charge in [-0.3, -0.25) is 14.6 Å². The number of carbonyl (C=O) groups excluding carboxylic acids is 2. The first-order chi connectivity index (χ1) is 15.0. The normalized spacial score (nSPS) is 13.4. The van der Waals surface area contributed by atoms with Crippen molar-refractivity contribution in [1.82, 2.24) is 20.4 Å². The van der Waals surface area contributed by atoms with E-state index in [2.05, 4.69) is 27.8 Å². The Kier molecular flexibility index (Phi) is 7.65. The third-order valence-corrected chi connectivity index (χ3v) is 5.40. The van der Waals surface area contributed by atoms with Crippen molar-refractivity contribution >= 4 is 17.8 Å². The van der Waals surface area contributed by atoms with Crippen LogP contribution in [0.2, 0.25) is 0 Å². The molecule has 0 saturated heterocycles. The molecule has 31 heavy (non-hydrogen) atoms. The zero-order chi connectivity index (χ0) is 22.2. The van der Waals surface area contributed by atoms with Gasteiger partial charge in [0.2, 0.25) is 5.91 Å². The Morgan fingerprint density at radius 2 is 1.84 bits per heavy atom. The molecule has 2 aromatic carbocycles. The maximum Gasteiger partial charge on any atom is 0.253 e. The van der Waals surface area contributed by atoms with Gasteiger partial charge >= 0.3 is 0 Å². The zero-order valence-corrected chi connectivity index (χ0v) is 18.5. The molecule has 3 rings (SSSR count). The van der Waals surface area contributed by atoms with Crippen LogP contribution >= 0.6 is 0 Å². The molecule has 0 aliphatic carbocycles. The number of hydrogen-bond acceptors (Lipinski definition) is 3. The minimum Gasteiger partial charge on any atom is -0.356 e. The van der Waals surface area contributed by atoms with Gasteiger partial charge in [-0.2, -0.15) is 0 Å². The number of nitrogens with one attached hydrogen (secondary N) is 2. The minimum absolute atomic E-state index is 0.00821. The van der Waals surface area contributed by atoms with E-state index < -0.39 is 0 Å². The van der Waals surface area contributed by atoms with Crippen LogP contribution in [0.25, 0.3) is 0 Å². The van der Waals surface area contributed by atoms with E-state index in [1.54, 1.807) is 26.0 Å². The summed E-state index contributed by atoms with van der Waals surface area (Å²) in [6.07, 6.45) is 1.64. The molecule has 7 nitrogen and oxygen atoms in total. The average Bonchev–Trinajstić information content (AvgIpc) is 2.80. The van der Waals surface area contributed by atoms with Gasteiger partial charge in [-0.05, 0) is 41.7 Å². The number of guanidine groups is 1. The molecule has 1 aliphatic heterocycles. The largest absolute Gasteiger partial charge is 0.356 e. The Labute approximate surface area is 184 Å². The Morgan fingerprint density at radius 3 is 2.58 bits per heavy atom. The molecule has 0 spiro atoms. The van der Waals surface area contributed by atoms with Crippen molar-refractivity contribution in [2.45, 2.75) is 19.4 Å². The van der Waals surface area contributed by atoms with Crippen LogP contribution in [0.3, 0.4) is 0 Å². The van der Waals surface area contributed by atoms with E-state index in [4.69, 9.17) is 0 Å². The fourth-order valence-electron chi connectivity index (χ4n) is 3.64. The third-order valence-electron chi connectivity index (χ3n) is 5.40. The van der Waals surface area contributed by atoms with Crippen LogP contribution in [0.4, 0.5) is 0 Å². The first-order valence-electron chi connectivity index (χ1n) is 10.6. The quantitative estimate of drug-likeness (QED) is 0.550. The predicted molar refractivity (Wildman–Crippen MR) is 123 cm³/mol. The first-order valence-corrected chi connectivity index (χ1v) is 10.6. The van der Waals surface area contributed by atoms with Crippen molar-refractivity contribution in [2.75, 3.05) is 40.8 Å². The minimum atomic E-state index is -0.00821. The highest BCUT2D eigenvalue weighted by atomic mass is 16.2. The molecule has 2 N–H and O–H groups in total. The molecule has 0 unspecified atom stereocenters. The van der Waals surface area contributed by atoms with Crippen molar-refractivity contribution in [1.29, 1.82) is 0 Å². The summed E-state index contributed by atoms with van der Waals surface area (Å²) in [5.41, 5.74) is 4.30. The Morgan fingerprint density at radius 1 is 1.06 bits per heavy atom. The molecule has 0 atom stereocenters.